The lowest BCUT2D eigenvalue weighted by Crippen LogP contribution is -2.53. The number of benzene rings is 1. The van der Waals surface area contributed by atoms with Crippen molar-refractivity contribution < 1.29 is 23.1 Å². The van der Waals surface area contributed by atoms with Crippen LogP contribution < -0.4 is 0 Å². The Morgan fingerprint density at radius 3 is 2.32 bits per heavy atom. The molecule has 0 radical (unpaired) electrons. The van der Waals surface area contributed by atoms with Crippen molar-refractivity contribution in [2.45, 2.75) is 38.0 Å². The van der Waals surface area contributed by atoms with Gasteiger partial charge in [-0.1, -0.05) is 12.1 Å². The summed E-state index contributed by atoms with van der Waals surface area (Å²) in [6.07, 6.45) is -1.82. The molecular formula is C16H18F3NO2. The van der Waals surface area contributed by atoms with Crippen molar-refractivity contribution in [2.75, 3.05) is 13.1 Å². The first kappa shape index (κ1) is 15.3. The van der Waals surface area contributed by atoms with Crippen LogP contribution in [0.25, 0.3) is 0 Å². The summed E-state index contributed by atoms with van der Waals surface area (Å²) in [4.78, 5) is 13.9. The number of aliphatic hydroxyl groups is 1. The van der Waals surface area contributed by atoms with Crippen LogP contribution in [0.1, 0.15) is 41.6 Å². The molecule has 2 aliphatic rings. The molecule has 0 aromatic heterocycles. The van der Waals surface area contributed by atoms with Gasteiger partial charge in [0.05, 0.1) is 17.2 Å². The van der Waals surface area contributed by atoms with Gasteiger partial charge in [0.2, 0.25) is 0 Å². The molecule has 1 atom stereocenters. The number of hydrogen-bond acceptors (Lipinski definition) is 2. The monoisotopic (exact) mass is 313 g/mol. The van der Waals surface area contributed by atoms with E-state index < -0.39 is 17.6 Å². The van der Waals surface area contributed by atoms with E-state index in [1.807, 2.05) is 0 Å². The molecule has 0 bridgehead atoms. The van der Waals surface area contributed by atoms with Crippen LogP contribution in [0.15, 0.2) is 24.3 Å². The molecule has 1 saturated carbocycles. The Morgan fingerprint density at radius 2 is 1.82 bits per heavy atom. The fourth-order valence-electron chi connectivity index (χ4n) is 3.51. The van der Waals surface area contributed by atoms with Crippen LogP contribution in [0.4, 0.5) is 13.2 Å². The van der Waals surface area contributed by atoms with Crippen molar-refractivity contribution in [3.05, 3.63) is 35.4 Å². The van der Waals surface area contributed by atoms with Crippen LogP contribution in [-0.4, -0.2) is 35.1 Å². The van der Waals surface area contributed by atoms with Crippen molar-refractivity contribution in [1.82, 2.24) is 4.90 Å². The largest absolute Gasteiger partial charge is 0.417 e. The highest BCUT2D eigenvalue weighted by molar-refractivity contribution is 5.96. The number of aliphatic hydroxyl groups excluding tert-OH is 1. The maximum absolute atomic E-state index is 13.0. The Labute approximate surface area is 126 Å². The smallest absolute Gasteiger partial charge is 0.393 e. The highest BCUT2D eigenvalue weighted by atomic mass is 19.4. The lowest BCUT2D eigenvalue weighted by molar-refractivity contribution is -0.138. The molecule has 1 spiro atoms. The molecule has 1 amide bonds. The van der Waals surface area contributed by atoms with Gasteiger partial charge in [0.15, 0.2) is 0 Å². The normalized spacial score (nSPS) is 24.2. The van der Waals surface area contributed by atoms with E-state index in [0.717, 1.165) is 18.9 Å². The topological polar surface area (TPSA) is 40.5 Å². The van der Waals surface area contributed by atoms with E-state index in [0.29, 0.717) is 25.9 Å². The Balaban J connectivity index is 1.76. The SMILES string of the molecule is O=C(c1ccccc1C(F)(F)F)N1CCC2(CCC2O)CC1. The fraction of sp³-hybridized carbons (Fsp3) is 0.562. The van der Waals surface area contributed by atoms with Gasteiger partial charge in [-0.2, -0.15) is 13.2 Å². The standard InChI is InChI=1S/C16H18F3NO2/c17-16(18,19)12-4-2-1-3-11(12)14(22)20-9-7-15(8-10-20)6-5-13(15)21/h1-4,13,21H,5-10H2. The zero-order valence-corrected chi connectivity index (χ0v) is 12.1. The predicted molar refractivity (Wildman–Crippen MR) is 74.3 cm³/mol. The van der Waals surface area contributed by atoms with Crippen LogP contribution in [-0.2, 0) is 6.18 Å². The molecule has 1 heterocycles. The maximum Gasteiger partial charge on any atom is 0.417 e. The summed E-state index contributed by atoms with van der Waals surface area (Å²) >= 11 is 0. The van der Waals surface area contributed by atoms with Gasteiger partial charge >= 0.3 is 6.18 Å². The minimum absolute atomic E-state index is 0.111. The number of alkyl halides is 3. The van der Waals surface area contributed by atoms with Gasteiger partial charge in [0.1, 0.15) is 0 Å². The third-order valence-corrected chi connectivity index (χ3v) is 5.13. The van der Waals surface area contributed by atoms with Crippen molar-refractivity contribution in [3.8, 4) is 0 Å². The molecular weight excluding hydrogens is 295 g/mol. The van der Waals surface area contributed by atoms with E-state index in [1.165, 1.54) is 23.1 Å². The average molecular weight is 313 g/mol. The number of nitrogens with zero attached hydrogens (tertiary/aromatic N) is 1. The van der Waals surface area contributed by atoms with Gasteiger partial charge < -0.3 is 10.0 Å². The molecule has 1 aromatic rings. The second-order valence-electron chi connectivity index (χ2n) is 6.25. The zero-order chi connectivity index (χ0) is 16.0. The third kappa shape index (κ3) is 2.49. The van der Waals surface area contributed by atoms with Crippen LogP contribution in [0.2, 0.25) is 0 Å². The third-order valence-electron chi connectivity index (χ3n) is 5.13. The lowest BCUT2D eigenvalue weighted by Gasteiger charge is -2.51. The van der Waals surface area contributed by atoms with E-state index in [-0.39, 0.29) is 17.1 Å². The Morgan fingerprint density at radius 1 is 1.18 bits per heavy atom. The van der Waals surface area contributed by atoms with Gasteiger partial charge in [-0.3, -0.25) is 4.79 Å². The fourth-order valence-corrected chi connectivity index (χ4v) is 3.51. The second kappa shape index (κ2) is 5.26. The second-order valence-corrected chi connectivity index (χ2v) is 6.25. The lowest BCUT2D eigenvalue weighted by atomic mass is 9.61. The molecule has 1 aliphatic carbocycles. The van der Waals surface area contributed by atoms with Gasteiger partial charge in [-0.15, -0.1) is 0 Å². The minimum Gasteiger partial charge on any atom is -0.393 e. The summed E-state index contributed by atoms with van der Waals surface area (Å²) in [5.74, 6) is -0.573. The number of halogens is 3. The molecule has 120 valence electrons. The maximum atomic E-state index is 13.0. The highest BCUT2D eigenvalue weighted by Crippen LogP contribution is 2.49. The number of carbonyl (C=O) groups excluding carboxylic acids is 1. The van der Waals surface area contributed by atoms with Crippen molar-refractivity contribution >= 4 is 5.91 Å². The first-order valence-electron chi connectivity index (χ1n) is 7.47. The molecule has 22 heavy (non-hydrogen) atoms. The summed E-state index contributed by atoms with van der Waals surface area (Å²) in [5, 5.41) is 9.86. The average Bonchev–Trinajstić information content (AvgIpc) is 2.52. The molecule has 1 saturated heterocycles. The van der Waals surface area contributed by atoms with Crippen LogP contribution in [0, 0.1) is 5.41 Å². The van der Waals surface area contributed by atoms with Crippen molar-refractivity contribution in [1.29, 1.82) is 0 Å². The van der Waals surface area contributed by atoms with E-state index in [1.54, 1.807) is 0 Å². The zero-order valence-electron chi connectivity index (χ0n) is 12.1. The van der Waals surface area contributed by atoms with E-state index in [9.17, 15) is 23.1 Å². The number of amides is 1. The first-order chi connectivity index (χ1) is 10.3. The van der Waals surface area contributed by atoms with E-state index >= 15 is 0 Å². The van der Waals surface area contributed by atoms with Gasteiger partial charge in [-0.25, -0.2) is 0 Å². The van der Waals surface area contributed by atoms with Gasteiger partial charge in [0, 0.05) is 13.1 Å². The van der Waals surface area contributed by atoms with Gasteiger partial charge in [0.25, 0.3) is 5.91 Å². The molecule has 6 heteroatoms. The molecule has 3 nitrogen and oxygen atoms in total. The number of piperidine rings is 1. The summed E-state index contributed by atoms with van der Waals surface area (Å²) in [6, 6.07) is 4.90. The number of rotatable bonds is 1. The first-order valence-corrected chi connectivity index (χ1v) is 7.47. The van der Waals surface area contributed by atoms with Crippen molar-refractivity contribution in [2.24, 2.45) is 5.41 Å². The predicted octanol–water partition coefficient (Wildman–Crippen LogP) is 3.08. The number of carbonyl (C=O) groups is 1. The Hall–Kier alpha value is -1.56. The molecule has 1 aromatic carbocycles. The molecule has 3 rings (SSSR count). The van der Waals surface area contributed by atoms with Gasteiger partial charge in [-0.05, 0) is 43.2 Å². The number of likely N-dealkylation sites (tertiary alicyclic amines) is 1. The molecule has 1 aliphatic heterocycles. The van der Waals surface area contributed by atoms with E-state index in [2.05, 4.69) is 0 Å². The molecule has 2 fully saturated rings. The molecule has 1 N–H and O–H groups in total. The highest BCUT2D eigenvalue weighted by Gasteiger charge is 2.48. The summed E-state index contributed by atoms with van der Waals surface area (Å²) < 4.78 is 39.0. The Bertz CT molecular complexity index is 577. The van der Waals surface area contributed by atoms with Crippen LogP contribution >= 0.6 is 0 Å². The minimum atomic E-state index is -4.53. The quantitative estimate of drug-likeness (QED) is 0.865. The summed E-state index contributed by atoms with van der Waals surface area (Å²) in [7, 11) is 0. The summed E-state index contributed by atoms with van der Waals surface area (Å²) in [6.45, 7) is 0.810. The van der Waals surface area contributed by atoms with Crippen LogP contribution in [0.3, 0.4) is 0 Å². The number of hydrogen-bond donors (Lipinski definition) is 1. The van der Waals surface area contributed by atoms with E-state index in [4.69, 9.17) is 0 Å². The summed E-state index contributed by atoms with van der Waals surface area (Å²) in [5.41, 5.74) is -1.29. The van der Waals surface area contributed by atoms with Crippen molar-refractivity contribution in [3.63, 3.8) is 0 Å². The Kier molecular flexibility index (Phi) is 3.67. The molecule has 1 unspecified atom stereocenters. The van der Waals surface area contributed by atoms with Crippen LogP contribution in [0.5, 0.6) is 0 Å².